The number of ether oxygens (including phenoxy) is 4. The van der Waals surface area contributed by atoms with Gasteiger partial charge in [0.05, 0.1) is 33.4 Å². The van der Waals surface area contributed by atoms with Gasteiger partial charge in [-0.15, -0.1) is 0 Å². The molecule has 0 heterocycles. The van der Waals surface area contributed by atoms with Crippen LogP contribution in [0.3, 0.4) is 0 Å². The van der Waals surface area contributed by atoms with Crippen LogP contribution in [0.4, 0.5) is 0 Å². The average Bonchev–Trinajstić information content (AvgIpc) is 2.65. The van der Waals surface area contributed by atoms with E-state index in [9.17, 15) is 9.90 Å². The second kappa shape index (κ2) is 9.16. The molecule has 1 unspecified atom stereocenters. The van der Waals surface area contributed by atoms with E-state index in [-0.39, 0.29) is 6.10 Å². The largest absolute Gasteiger partial charge is 0.493 e. The molecule has 0 aromatic heterocycles. The maximum atomic E-state index is 11.9. The minimum atomic E-state index is -0.913. The van der Waals surface area contributed by atoms with Crippen LogP contribution in [0.1, 0.15) is 30.9 Å². The van der Waals surface area contributed by atoms with Crippen LogP contribution in [-0.2, 0) is 11.2 Å². The van der Waals surface area contributed by atoms with Gasteiger partial charge >= 0.3 is 5.97 Å². The van der Waals surface area contributed by atoms with Gasteiger partial charge in [-0.1, -0.05) is 12.1 Å². The Morgan fingerprint density at radius 2 is 1.48 bits per heavy atom. The van der Waals surface area contributed by atoms with E-state index in [4.69, 9.17) is 18.9 Å². The van der Waals surface area contributed by atoms with Gasteiger partial charge in [-0.25, -0.2) is 0 Å². The molecule has 6 heteroatoms. The number of carboxylic acids is 1. The second-order valence-electron chi connectivity index (χ2n) is 6.36. The quantitative estimate of drug-likeness (QED) is 0.717. The molecule has 0 aliphatic heterocycles. The summed E-state index contributed by atoms with van der Waals surface area (Å²) in [5.41, 5.74) is 1.48. The first kappa shape index (κ1) is 20.4. The summed E-state index contributed by atoms with van der Waals surface area (Å²) in [6.45, 7) is 3.87. The fourth-order valence-corrected chi connectivity index (χ4v) is 2.84. The van der Waals surface area contributed by atoms with E-state index < -0.39 is 11.9 Å². The molecule has 2 aromatic rings. The van der Waals surface area contributed by atoms with E-state index in [2.05, 4.69) is 0 Å². The molecule has 0 amide bonds. The molecular weight excluding hydrogens is 348 g/mol. The van der Waals surface area contributed by atoms with E-state index in [0.29, 0.717) is 35.0 Å². The topological polar surface area (TPSA) is 74.2 Å². The fourth-order valence-electron chi connectivity index (χ4n) is 2.84. The van der Waals surface area contributed by atoms with Crippen molar-refractivity contribution in [2.24, 2.45) is 0 Å². The zero-order valence-corrected chi connectivity index (χ0v) is 16.3. The smallest absolute Gasteiger partial charge is 0.311 e. The summed E-state index contributed by atoms with van der Waals surface area (Å²) in [7, 11) is 4.63. The highest BCUT2D eigenvalue weighted by atomic mass is 16.5. The van der Waals surface area contributed by atoms with Gasteiger partial charge < -0.3 is 24.1 Å². The van der Waals surface area contributed by atoms with Gasteiger partial charge in [0.1, 0.15) is 0 Å². The lowest BCUT2D eigenvalue weighted by atomic mass is 9.91. The summed E-state index contributed by atoms with van der Waals surface area (Å²) in [6.07, 6.45) is 0.326. The molecule has 2 rings (SSSR count). The normalized spacial score (nSPS) is 11.8. The average molecular weight is 374 g/mol. The predicted octanol–water partition coefficient (Wildman–Crippen LogP) is 3.91. The Morgan fingerprint density at radius 3 is 2.04 bits per heavy atom. The lowest BCUT2D eigenvalue weighted by Crippen LogP contribution is -2.15. The third kappa shape index (κ3) is 5.06. The number of aliphatic carboxylic acids is 1. The first-order valence-electron chi connectivity index (χ1n) is 8.67. The molecule has 0 bridgehead atoms. The Bertz CT molecular complexity index is 784. The first-order valence-corrected chi connectivity index (χ1v) is 8.67. The van der Waals surface area contributed by atoms with Crippen molar-refractivity contribution < 1.29 is 28.8 Å². The van der Waals surface area contributed by atoms with E-state index in [1.54, 1.807) is 32.4 Å². The van der Waals surface area contributed by atoms with Crippen LogP contribution >= 0.6 is 0 Å². The van der Waals surface area contributed by atoms with Crippen molar-refractivity contribution in [1.29, 1.82) is 0 Å². The summed E-state index contributed by atoms with van der Waals surface area (Å²) < 4.78 is 21.6. The molecule has 0 aliphatic rings. The first-order chi connectivity index (χ1) is 12.9. The number of hydrogen-bond acceptors (Lipinski definition) is 5. The van der Waals surface area contributed by atoms with E-state index >= 15 is 0 Å². The second-order valence-corrected chi connectivity index (χ2v) is 6.36. The number of rotatable bonds is 9. The van der Waals surface area contributed by atoms with Crippen molar-refractivity contribution >= 4 is 5.97 Å². The highest BCUT2D eigenvalue weighted by Gasteiger charge is 2.23. The lowest BCUT2D eigenvalue weighted by molar-refractivity contribution is -0.138. The molecule has 2 aromatic carbocycles. The van der Waals surface area contributed by atoms with Crippen LogP contribution in [0, 0.1) is 0 Å². The molecule has 1 N–H and O–H groups in total. The van der Waals surface area contributed by atoms with Gasteiger partial charge in [-0.05, 0) is 55.7 Å². The zero-order valence-electron chi connectivity index (χ0n) is 16.3. The molecule has 0 saturated heterocycles. The molecule has 0 spiro atoms. The number of hydrogen-bond donors (Lipinski definition) is 1. The van der Waals surface area contributed by atoms with Crippen LogP contribution in [-0.4, -0.2) is 38.5 Å². The monoisotopic (exact) mass is 374 g/mol. The Morgan fingerprint density at radius 1 is 0.889 bits per heavy atom. The van der Waals surface area contributed by atoms with Gasteiger partial charge in [0.2, 0.25) is 0 Å². The van der Waals surface area contributed by atoms with E-state index in [1.165, 1.54) is 7.11 Å². The third-order valence-corrected chi connectivity index (χ3v) is 4.14. The summed E-state index contributed by atoms with van der Waals surface area (Å²) in [6, 6.07) is 10.6. The third-order valence-electron chi connectivity index (χ3n) is 4.14. The van der Waals surface area contributed by atoms with Gasteiger partial charge in [0, 0.05) is 0 Å². The van der Waals surface area contributed by atoms with Crippen LogP contribution in [0.2, 0.25) is 0 Å². The molecule has 0 radical (unpaired) electrons. The van der Waals surface area contributed by atoms with Crippen LogP contribution in [0.15, 0.2) is 36.4 Å². The standard InChI is InChI=1S/C21H26O6/c1-13(2)27-18-8-6-14(11-19(18)25-4)10-16(21(22)23)15-7-9-17(24-3)20(12-15)26-5/h6-9,11-13,16H,10H2,1-5H3,(H,22,23). The minimum Gasteiger partial charge on any atom is -0.493 e. The van der Waals surface area contributed by atoms with E-state index in [1.807, 2.05) is 32.0 Å². The summed E-state index contributed by atoms with van der Waals surface area (Å²) >= 11 is 0. The Hall–Kier alpha value is -2.89. The van der Waals surface area contributed by atoms with Crippen LogP contribution in [0.25, 0.3) is 0 Å². The number of carbonyl (C=O) groups is 1. The molecule has 6 nitrogen and oxygen atoms in total. The summed E-state index contributed by atoms with van der Waals surface area (Å²) in [5, 5.41) is 9.75. The zero-order chi connectivity index (χ0) is 20.0. The Kier molecular flexibility index (Phi) is 6.93. The molecule has 146 valence electrons. The lowest BCUT2D eigenvalue weighted by Gasteiger charge is -2.17. The molecular formula is C21H26O6. The molecule has 0 aliphatic carbocycles. The van der Waals surface area contributed by atoms with Crippen LogP contribution < -0.4 is 18.9 Å². The van der Waals surface area contributed by atoms with Crippen molar-refractivity contribution in [1.82, 2.24) is 0 Å². The van der Waals surface area contributed by atoms with Gasteiger partial charge in [0.15, 0.2) is 23.0 Å². The fraction of sp³-hybridized carbons (Fsp3) is 0.381. The summed E-state index contributed by atoms with van der Waals surface area (Å²) in [4.78, 5) is 11.9. The Labute approximate surface area is 159 Å². The van der Waals surface area contributed by atoms with Crippen molar-refractivity contribution in [3.63, 3.8) is 0 Å². The highest BCUT2D eigenvalue weighted by molar-refractivity contribution is 5.77. The van der Waals surface area contributed by atoms with Crippen molar-refractivity contribution in [2.45, 2.75) is 32.3 Å². The van der Waals surface area contributed by atoms with Crippen LogP contribution in [0.5, 0.6) is 23.0 Å². The molecule has 27 heavy (non-hydrogen) atoms. The number of benzene rings is 2. The molecule has 0 saturated carbocycles. The molecule has 0 fully saturated rings. The highest BCUT2D eigenvalue weighted by Crippen LogP contribution is 2.34. The van der Waals surface area contributed by atoms with Gasteiger partial charge in [-0.3, -0.25) is 4.79 Å². The predicted molar refractivity (Wildman–Crippen MR) is 102 cm³/mol. The molecule has 1 atom stereocenters. The van der Waals surface area contributed by atoms with Crippen molar-refractivity contribution in [3.8, 4) is 23.0 Å². The number of methoxy groups -OCH3 is 3. The van der Waals surface area contributed by atoms with Gasteiger partial charge in [0.25, 0.3) is 0 Å². The van der Waals surface area contributed by atoms with Gasteiger partial charge in [-0.2, -0.15) is 0 Å². The maximum Gasteiger partial charge on any atom is 0.311 e. The number of carboxylic acid groups (broad SMARTS) is 1. The Balaban J connectivity index is 2.32. The SMILES string of the molecule is COc1ccc(C(Cc2ccc(OC(C)C)c(OC)c2)C(=O)O)cc1OC. The maximum absolute atomic E-state index is 11.9. The van der Waals surface area contributed by atoms with Crippen molar-refractivity contribution in [3.05, 3.63) is 47.5 Å². The van der Waals surface area contributed by atoms with E-state index in [0.717, 1.165) is 5.56 Å². The minimum absolute atomic E-state index is 0.0169. The van der Waals surface area contributed by atoms with Crippen molar-refractivity contribution in [2.75, 3.05) is 21.3 Å². The summed E-state index contributed by atoms with van der Waals surface area (Å²) in [5.74, 6) is 0.628.